The standard InChI is InChI=1S/C12H15F3N2O3/c1-2-20-11(19)9-5-3-7(16)6(12(13,14)15)4-8(5)17-10(9)18/h3,6,9-10,17-18H,2,4,16H2,1H3. The minimum atomic E-state index is -4.46. The molecule has 3 atom stereocenters. The van der Waals surface area contributed by atoms with Crippen molar-refractivity contribution in [2.75, 3.05) is 6.61 Å². The molecular formula is C12H15F3N2O3. The van der Waals surface area contributed by atoms with Crippen molar-refractivity contribution in [3.63, 3.8) is 0 Å². The molecule has 4 N–H and O–H groups in total. The van der Waals surface area contributed by atoms with Gasteiger partial charge in [0.1, 0.15) is 12.1 Å². The van der Waals surface area contributed by atoms with Crippen molar-refractivity contribution in [1.29, 1.82) is 0 Å². The van der Waals surface area contributed by atoms with Crippen LogP contribution in [0.4, 0.5) is 13.2 Å². The van der Waals surface area contributed by atoms with E-state index in [2.05, 4.69) is 5.32 Å². The zero-order valence-electron chi connectivity index (χ0n) is 10.7. The van der Waals surface area contributed by atoms with Gasteiger partial charge in [-0.1, -0.05) is 0 Å². The molecule has 0 fully saturated rings. The van der Waals surface area contributed by atoms with Crippen LogP contribution in [0.1, 0.15) is 13.3 Å². The summed E-state index contributed by atoms with van der Waals surface area (Å²) in [5.41, 5.74) is 5.55. The molecule has 2 rings (SSSR count). The highest BCUT2D eigenvalue weighted by atomic mass is 19.4. The number of nitrogens with two attached hydrogens (primary N) is 1. The first-order valence-corrected chi connectivity index (χ1v) is 6.13. The molecule has 0 aromatic heterocycles. The Morgan fingerprint density at radius 1 is 1.60 bits per heavy atom. The lowest BCUT2D eigenvalue weighted by Gasteiger charge is -2.25. The van der Waals surface area contributed by atoms with Crippen molar-refractivity contribution in [2.45, 2.75) is 25.7 Å². The van der Waals surface area contributed by atoms with E-state index in [0.29, 0.717) is 0 Å². The van der Waals surface area contributed by atoms with E-state index in [4.69, 9.17) is 10.5 Å². The lowest BCUT2D eigenvalue weighted by atomic mass is 9.87. The smallest absolute Gasteiger partial charge is 0.397 e. The van der Waals surface area contributed by atoms with Gasteiger partial charge in [0.25, 0.3) is 0 Å². The van der Waals surface area contributed by atoms with E-state index < -0.39 is 36.6 Å². The monoisotopic (exact) mass is 292 g/mol. The lowest BCUT2D eigenvalue weighted by molar-refractivity contribution is -0.164. The fourth-order valence-electron chi connectivity index (χ4n) is 2.45. The second-order valence-electron chi connectivity index (χ2n) is 4.70. The number of carbonyl (C=O) groups excluding carboxylic acids is 1. The molecule has 1 heterocycles. The highest BCUT2D eigenvalue weighted by molar-refractivity contribution is 5.79. The van der Waals surface area contributed by atoms with Crippen molar-refractivity contribution < 1.29 is 27.8 Å². The molecule has 112 valence electrons. The fraction of sp³-hybridized carbons (Fsp3) is 0.583. The Balaban J connectivity index is 2.28. The summed E-state index contributed by atoms with van der Waals surface area (Å²) in [6, 6.07) is 0. The molecule has 2 aliphatic rings. The number of alkyl halides is 3. The Labute approximate surface area is 113 Å². The largest absolute Gasteiger partial charge is 0.465 e. The SMILES string of the molecule is CCOC(=O)C1C2=C(CC(C(F)(F)F)C(N)=C2)NC1O. The zero-order chi connectivity index (χ0) is 15.1. The Morgan fingerprint density at radius 2 is 2.25 bits per heavy atom. The van der Waals surface area contributed by atoms with E-state index in [1.54, 1.807) is 6.92 Å². The Morgan fingerprint density at radius 3 is 2.80 bits per heavy atom. The number of rotatable bonds is 2. The van der Waals surface area contributed by atoms with Crippen LogP contribution in [0.15, 0.2) is 23.0 Å². The maximum atomic E-state index is 12.8. The van der Waals surface area contributed by atoms with Crippen LogP contribution in [0.5, 0.6) is 0 Å². The third-order valence-corrected chi connectivity index (χ3v) is 3.39. The van der Waals surface area contributed by atoms with Gasteiger partial charge in [-0.2, -0.15) is 13.2 Å². The summed E-state index contributed by atoms with van der Waals surface area (Å²) in [5.74, 6) is -3.54. The first kappa shape index (κ1) is 14.7. The van der Waals surface area contributed by atoms with E-state index in [1.807, 2.05) is 0 Å². The Hall–Kier alpha value is -1.70. The molecule has 0 saturated carbocycles. The van der Waals surface area contributed by atoms with Crippen molar-refractivity contribution in [3.05, 3.63) is 23.0 Å². The summed E-state index contributed by atoms with van der Waals surface area (Å²) < 4.78 is 43.2. The van der Waals surface area contributed by atoms with Crippen molar-refractivity contribution in [3.8, 4) is 0 Å². The number of esters is 1. The second-order valence-corrected chi connectivity index (χ2v) is 4.70. The molecule has 1 aliphatic heterocycles. The van der Waals surface area contributed by atoms with Gasteiger partial charge in [0.15, 0.2) is 0 Å². The lowest BCUT2D eigenvalue weighted by Crippen LogP contribution is -2.34. The summed E-state index contributed by atoms with van der Waals surface area (Å²) >= 11 is 0. The molecule has 20 heavy (non-hydrogen) atoms. The highest BCUT2D eigenvalue weighted by Crippen LogP contribution is 2.42. The maximum absolute atomic E-state index is 12.8. The first-order valence-electron chi connectivity index (χ1n) is 6.13. The van der Waals surface area contributed by atoms with Gasteiger partial charge in [-0.25, -0.2) is 0 Å². The van der Waals surface area contributed by atoms with Crippen LogP contribution in [-0.4, -0.2) is 30.1 Å². The minimum Gasteiger partial charge on any atom is -0.465 e. The first-order chi connectivity index (χ1) is 9.25. The van der Waals surface area contributed by atoms with Crippen LogP contribution in [0, 0.1) is 11.8 Å². The molecule has 0 bridgehead atoms. The molecule has 8 heteroatoms. The van der Waals surface area contributed by atoms with E-state index in [0.717, 1.165) is 6.08 Å². The molecule has 0 saturated heterocycles. The van der Waals surface area contributed by atoms with E-state index in [1.165, 1.54) is 0 Å². The predicted molar refractivity (Wildman–Crippen MR) is 62.7 cm³/mol. The normalized spacial score (nSPS) is 29.6. The number of hydrogen-bond acceptors (Lipinski definition) is 5. The highest BCUT2D eigenvalue weighted by Gasteiger charge is 2.48. The molecular weight excluding hydrogens is 277 g/mol. The van der Waals surface area contributed by atoms with Crippen molar-refractivity contribution >= 4 is 5.97 Å². The van der Waals surface area contributed by atoms with Crippen LogP contribution in [-0.2, 0) is 9.53 Å². The van der Waals surface area contributed by atoms with Crippen LogP contribution in [0.2, 0.25) is 0 Å². The van der Waals surface area contributed by atoms with Gasteiger partial charge < -0.3 is 20.9 Å². The number of carbonyl (C=O) groups is 1. The van der Waals surface area contributed by atoms with E-state index in [-0.39, 0.29) is 23.6 Å². The molecule has 0 amide bonds. The summed E-state index contributed by atoms with van der Waals surface area (Å²) in [7, 11) is 0. The molecule has 0 aromatic carbocycles. The Bertz CT molecular complexity index is 485. The number of allylic oxidation sites excluding steroid dienone is 3. The molecule has 5 nitrogen and oxygen atoms in total. The third-order valence-electron chi connectivity index (χ3n) is 3.39. The number of nitrogens with one attached hydrogen (secondary N) is 1. The molecule has 1 aliphatic carbocycles. The van der Waals surface area contributed by atoms with Crippen LogP contribution < -0.4 is 11.1 Å². The fourth-order valence-corrected chi connectivity index (χ4v) is 2.45. The van der Waals surface area contributed by atoms with Gasteiger partial charge in [0, 0.05) is 17.8 Å². The number of hydrogen-bond donors (Lipinski definition) is 3. The average molecular weight is 292 g/mol. The number of aliphatic hydroxyl groups is 1. The number of halogens is 3. The van der Waals surface area contributed by atoms with Gasteiger partial charge in [0.05, 0.1) is 12.5 Å². The van der Waals surface area contributed by atoms with Crippen molar-refractivity contribution in [2.24, 2.45) is 17.6 Å². The van der Waals surface area contributed by atoms with Crippen LogP contribution in [0.25, 0.3) is 0 Å². The summed E-state index contributed by atoms with van der Waals surface area (Å²) in [4.78, 5) is 11.7. The Kier molecular flexibility index (Phi) is 3.68. The second kappa shape index (κ2) is 5.01. The van der Waals surface area contributed by atoms with Gasteiger partial charge in [-0.05, 0) is 18.6 Å². The maximum Gasteiger partial charge on any atom is 0.397 e. The van der Waals surface area contributed by atoms with E-state index >= 15 is 0 Å². The summed E-state index contributed by atoms with van der Waals surface area (Å²) in [6.45, 7) is 1.72. The zero-order valence-corrected chi connectivity index (χ0v) is 10.7. The van der Waals surface area contributed by atoms with Crippen molar-refractivity contribution in [1.82, 2.24) is 5.32 Å². The van der Waals surface area contributed by atoms with E-state index in [9.17, 15) is 23.1 Å². The number of aliphatic hydroxyl groups excluding tert-OH is 1. The van der Waals surface area contributed by atoms with Crippen LogP contribution in [0.3, 0.4) is 0 Å². The number of ether oxygens (including phenoxy) is 1. The summed E-state index contributed by atoms with van der Waals surface area (Å²) in [5, 5.41) is 12.3. The van der Waals surface area contributed by atoms with Gasteiger partial charge in [-0.3, -0.25) is 4.79 Å². The third kappa shape index (κ3) is 2.47. The predicted octanol–water partition coefficient (Wildman–Crippen LogP) is 0.766. The molecule has 0 radical (unpaired) electrons. The van der Waals surface area contributed by atoms with Crippen LogP contribution >= 0.6 is 0 Å². The molecule has 0 aromatic rings. The minimum absolute atomic E-state index is 0.120. The topological polar surface area (TPSA) is 84.6 Å². The molecule has 0 spiro atoms. The molecule has 3 unspecified atom stereocenters. The summed E-state index contributed by atoms with van der Waals surface area (Å²) in [6.07, 6.45) is -5.06. The van der Waals surface area contributed by atoms with Gasteiger partial charge in [0.2, 0.25) is 0 Å². The van der Waals surface area contributed by atoms with Gasteiger partial charge in [-0.15, -0.1) is 0 Å². The quantitative estimate of drug-likeness (QED) is 0.655. The average Bonchev–Trinajstić information content (AvgIpc) is 2.62. The van der Waals surface area contributed by atoms with Gasteiger partial charge >= 0.3 is 12.1 Å².